The van der Waals surface area contributed by atoms with Crippen LogP contribution in [0.25, 0.3) is 0 Å². The Hall–Kier alpha value is -0.0800. The van der Waals surface area contributed by atoms with E-state index in [0.29, 0.717) is 0 Å². The molecule has 0 bridgehead atoms. The van der Waals surface area contributed by atoms with E-state index in [0.717, 1.165) is 23.9 Å². The second kappa shape index (κ2) is 6.75. The summed E-state index contributed by atoms with van der Waals surface area (Å²) in [5.41, 5.74) is 0. The number of rotatable bonds is 5. The van der Waals surface area contributed by atoms with Crippen molar-refractivity contribution in [3.8, 4) is 0 Å². The van der Waals surface area contributed by atoms with E-state index in [4.69, 9.17) is 0 Å². The van der Waals surface area contributed by atoms with Gasteiger partial charge in [-0.2, -0.15) is 0 Å². The van der Waals surface area contributed by atoms with Crippen LogP contribution in [0.15, 0.2) is 0 Å². The van der Waals surface area contributed by atoms with Crippen molar-refractivity contribution in [2.24, 2.45) is 11.8 Å². The molecule has 0 amide bonds. The van der Waals surface area contributed by atoms with Crippen LogP contribution in [-0.4, -0.2) is 25.2 Å². The second-order valence-corrected chi connectivity index (χ2v) is 6.39. The summed E-state index contributed by atoms with van der Waals surface area (Å²) >= 11 is 0. The lowest BCUT2D eigenvalue weighted by molar-refractivity contribution is 0.256. The van der Waals surface area contributed by atoms with E-state index in [2.05, 4.69) is 24.5 Å². The van der Waals surface area contributed by atoms with Crippen molar-refractivity contribution in [2.45, 2.75) is 70.9 Å². The van der Waals surface area contributed by atoms with Gasteiger partial charge in [0, 0.05) is 12.1 Å². The third-order valence-electron chi connectivity index (χ3n) is 4.56. The van der Waals surface area contributed by atoms with E-state index in [9.17, 15) is 0 Å². The van der Waals surface area contributed by atoms with E-state index >= 15 is 0 Å². The molecule has 100 valence electrons. The minimum atomic E-state index is 0.796. The first kappa shape index (κ1) is 13.4. The average Bonchev–Trinajstić information content (AvgIpc) is 2.78. The summed E-state index contributed by atoms with van der Waals surface area (Å²) in [6.45, 7) is 7.10. The monoisotopic (exact) mass is 238 g/mol. The Morgan fingerprint density at radius 3 is 2.71 bits per heavy atom. The molecular formula is C15H30N2. The van der Waals surface area contributed by atoms with Crippen LogP contribution < -0.4 is 10.6 Å². The smallest absolute Gasteiger partial charge is 0.0110 e. The molecule has 2 rings (SSSR count). The Morgan fingerprint density at radius 1 is 1.12 bits per heavy atom. The molecule has 1 saturated carbocycles. The average molecular weight is 238 g/mol. The molecule has 3 unspecified atom stereocenters. The van der Waals surface area contributed by atoms with E-state index in [1.807, 2.05) is 0 Å². The maximum atomic E-state index is 3.82. The molecule has 2 N–H and O–H groups in total. The van der Waals surface area contributed by atoms with Gasteiger partial charge in [0.2, 0.25) is 0 Å². The molecule has 0 aromatic heterocycles. The van der Waals surface area contributed by atoms with Crippen LogP contribution in [0.1, 0.15) is 58.8 Å². The lowest BCUT2D eigenvalue weighted by Gasteiger charge is -2.33. The van der Waals surface area contributed by atoms with Gasteiger partial charge in [-0.05, 0) is 57.0 Å². The fourth-order valence-corrected chi connectivity index (χ4v) is 3.53. The molecule has 2 fully saturated rings. The van der Waals surface area contributed by atoms with Gasteiger partial charge in [0.05, 0.1) is 0 Å². The lowest BCUT2D eigenvalue weighted by atomic mass is 9.88. The molecule has 2 heteroatoms. The molecule has 1 heterocycles. The molecule has 1 aliphatic heterocycles. The molecule has 0 spiro atoms. The van der Waals surface area contributed by atoms with Gasteiger partial charge in [-0.3, -0.25) is 0 Å². The molecule has 1 saturated heterocycles. The van der Waals surface area contributed by atoms with Crippen molar-refractivity contribution in [1.29, 1.82) is 0 Å². The van der Waals surface area contributed by atoms with Gasteiger partial charge in [0.15, 0.2) is 0 Å². The fraction of sp³-hybridized carbons (Fsp3) is 1.00. The normalized spacial score (nSPS) is 34.4. The van der Waals surface area contributed by atoms with Crippen molar-refractivity contribution in [3.05, 3.63) is 0 Å². The highest BCUT2D eigenvalue weighted by Crippen LogP contribution is 2.31. The van der Waals surface area contributed by atoms with Crippen LogP contribution in [0, 0.1) is 11.8 Å². The predicted molar refractivity (Wildman–Crippen MR) is 74.2 cm³/mol. The van der Waals surface area contributed by atoms with Crippen LogP contribution in [-0.2, 0) is 0 Å². The van der Waals surface area contributed by atoms with E-state index in [1.165, 1.54) is 58.0 Å². The summed E-state index contributed by atoms with van der Waals surface area (Å²) in [5.74, 6) is 1.73. The Balaban J connectivity index is 1.75. The summed E-state index contributed by atoms with van der Waals surface area (Å²) in [6.07, 6.45) is 9.83. The molecule has 2 nitrogen and oxygen atoms in total. The molecule has 0 aromatic carbocycles. The van der Waals surface area contributed by atoms with Crippen LogP contribution in [0.3, 0.4) is 0 Å². The van der Waals surface area contributed by atoms with Crippen molar-refractivity contribution >= 4 is 0 Å². The van der Waals surface area contributed by atoms with Crippen molar-refractivity contribution in [2.75, 3.05) is 13.1 Å². The van der Waals surface area contributed by atoms with E-state index < -0.39 is 0 Å². The summed E-state index contributed by atoms with van der Waals surface area (Å²) in [6, 6.07) is 1.60. The van der Waals surface area contributed by atoms with Crippen molar-refractivity contribution in [1.82, 2.24) is 10.6 Å². The predicted octanol–water partition coefficient (Wildman–Crippen LogP) is 2.93. The number of piperidine rings is 1. The maximum Gasteiger partial charge on any atom is 0.0110 e. The minimum absolute atomic E-state index is 0.796. The standard InChI is InChI=1S/C15H30N2/c1-12(2)9-11-17-15-8-5-6-13(15)14-7-3-4-10-16-14/h12-17H,3-11H2,1-2H3. The van der Waals surface area contributed by atoms with Crippen molar-refractivity contribution < 1.29 is 0 Å². The first-order chi connectivity index (χ1) is 8.27. The van der Waals surface area contributed by atoms with Gasteiger partial charge in [-0.15, -0.1) is 0 Å². The third kappa shape index (κ3) is 3.96. The first-order valence-electron chi connectivity index (χ1n) is 7.74. The lowest BCUT2D eigenvalue weighted by Crippen LogP contribution is -2.47. The van der Waals surface area contributed by atoms with Gasteiger partial charge in [0.25, 0.3) is 0 Å². The topological polar surface area (TPSA) is 24.1 Å². The van der Waals surface area contributed by atoms with E-state index in [-0.39, 0.29) is 0 Å². The minimum Gasteiger partial charge on any atom is -0.314 e. The van der Waals surface area contributed by atoms with Crippen LogP contribution >= 0.6 is 0 Å². The van der Waals surface area contributed by atoms with Gasteiger partial charge in [-0.1, -0.05) is 26.7 Å². The van der Waals surface area contributed by atoms with Gasteiger partial charge < -0.3 is 10.6 Å². The number of hydrogen-bond acceptors (Lipinski definition) is 2. The Kier molecular flexibility index (Phi) is 5.30. The highest BCUT2D eigenvalue weighted by atomic mass is 15.0. The quantitative estimate of drug-likeness (QED) is 0.769. The zero-order chi connectivity index (χ0) is 12.1. The van der Waals surface area contributed by atoms with Crippen LogP contribution in [0.5, 0.6) is 0 Å². The zero-order valence-corrected chi connectivity index (χ0v) is 11.7. The Bertz CT molecular complexity index is 209. The van der Waals surface area contributed by atoms with Gasteiger partial charge >= 0.3 is 0 Å². The fourth-order valence-electron chi connectivity index (χ4n) is 3.53. The molecule has 0 aromatic rings. The summed E-state index contributed by atoms with van der Waals surface area (Å²) in [5, 5.41) is 7.57. The molecule has 0 radical (unpaired) electrons. The zero-order valence-electron chi connectivity index (χ0n) is 11.7. The molecule has 1 aliphatic carbocycles. The highest BCUT2D eigenvalue weighted by molar-refractivity contribution is 4.92. The molecule has 3 atom stereocenters. The van der Waals surface area contributed by atoms with Gasteiger partial charge in [-0.25, -0.2) is 0 Å². The Morgan fingerprint density at radius 2 is 2.00 bits per heavy atom. The maximum absolute atomic E-state index is 3.82. The van der Waals surface area contributed by atoms with E-state index in [1.54, 1.807) is 0 Å². The number of hydrogen-bond donors (Lipinski definition) is 2. The van der Waals surface area contributed by atoms with Crippen LogP contribution in [0.2, 0.25) is 0 Å². The summed E-state index contributed by atoms with van der Waals surface area (Å²) in [4.78, 5) is 0. The highest BCUT2D eigenvalue weighted by Gasteiger charge is 2.33. The third-order valence-corrected chi connectivity index (χ3v) is 4.56. The SMILES string of the molecule is CC(C)CCNC1CCCC1C1CCCCN1. The van der Waals surface area contributed by atoms with Crippen LogP contribution in [0.4, 0.5) is 0 Å². The van der Waals surface area contributed by atoms with Crippen molar-refractivity contribution in [3.63, 3.8) is 0 Å². The summed E-state index contributed by atoms with van der Waals surface area (Å²) < 4.78 is 0. The molecular weight excluding hydrogens is 208 g/mol. The first-order valence-corrected chi connectivity index (χ1v) is 7.74. The number of nitrogens with one attached hydrogen (secondary N) is 2. The second-order valence-electron chi connectivity index (χ2n) is 6.39. The molecule has 2 aliphatic rings. The van der Waals surface area contributed by atoms with Gasteiger partial charge in [0.1, 0.15) is 0 Å². The molecule has 17 heavy (non-hydrogen) atoms. The summed E-state index contributed by atoms with van der Waals surface area (Å²) in [7, 11) is 0. The largest absolute Gasteiger partial charge is 0.314 e. The Labute approximate surface area is 107 Å².